The highest BCUT2D eigenvalue weighted by molar-refractivity contribution is 9.10. The molecule has 0 radical (unpaired) electrons. The molecular formula is C17H19BrN2O. The van der Waals surface area contributed by atoms with E-state index < -0.39 is 0 Å². The molecule has 2 aromatic rings. The standard InChI is InChI=1S/C17H19BrN2O/c1-12(15-6-4-5-7-16(15)18)19-17(21)13-8-10-14(11-9-13)20(2)3/h4-12H,1-3H3,(H,19,21). The Morgan fingerprint density at radius 1 is 1.10 bits per heavy atom. The van der Waals surface area contributed by atoms with Gasteiger partial charge in [-0.3, -0.25) is 4.79 Å². The second kappa shape index (κ2) is 6.76. The first-order valence-corrected chi connectivity index (χ1v) is 7.61. The van der Waals surface area contributed by atoms with E-state index in [1.807, 2.05) is 74.4 Å². The maximum Gasteiger partial charge on any atom is 0.251 e. The van der Waals surface area contributed by atoms with Gasteiger partial charge in [0.05, 0.1) is 6.04 Å². The summed E-state index contributed by atoms with van der Waals surface area (Å²) in [5.74, 6) is -0.0661. The summed E-state index contributed by atoms with van der Waals surface area (Å²) in [7, 11) is 3.95. The average molecular weight is 347 g/mol. The molecule has 1 amide bonds. The van der Waals surface area contributed by atoms with Crippen molar-refractivity contribution in [1.82, 2.24) is 5.32 Å². The lowest BCUT2D eigenvalue weighted by Crippen LogP contribution is -2.26. The molecule has 0 spiro atoms. The first-order chi connectivity index (χ1) is 9.99. The fourth-order valence-corrected chi connectivity index (χ4v) is 2.72. The molecule has 4 heteroatoms. The van der Waals surface area contributed by atoms with Crippen molar-refractivity contribution in [2.24, 2.45) is 0 Å². The summed E-state index contributed by atoms with van der Waals surface area (Å²) in [5, 5.41) is 3.02. The summed E-state index contributed by atoms with van der Waals surface area (Å²) in [6, 6.07) is 15.4. The smallest absolute Gasteiger partial charge is 0.251 e. The van der Waals surface area contributed by atoms with Crippen molar-refractivity contribution >= 4 is 27.5 Å². The van der Waals surface area contributed by atoms with Crippen LogP contribution in [0.2, 0.25) is 0 Å². The summed E-state index contributed by atoms with van der Waals surface area (Å²) < 4.78 is 1.00. The zero-order valence-corrected chi connectivity index (χ0v) is 14.0. The van der Waals surface area contributed by atoms with Crippen LogP contribution in [0.3, 0.4) is 0 Å². The number of hydrogen-bond donors (Lipinski definition) is 1. The van der Waals surface area contributed by atoms with E-state index in [2.05, 4.69) is 21.2 Å². The number of carbonyl (C=O) groups excluding carboxylic acids is 1. The molecule has 0 aliphatic carbocycles. The second-order valence-electron chi connectivity index (χ2n) is 5.16. The lowest BCUT2D eigenvalue weighted by Gasteiger charge is -2.17. The fraction of sp³-hybridized carbons (Fsp3) is 0.235. The van der Waals surface area contributed by atoms with E-state index in [9.17, 15) is 4.79 Å². The molecule has 0 aliphatic heterocycles. The molecule has 1 atom stereocenters. The Morgan fingerprint density at radius 3 is 2.29 bits per heavy atom. The Labute approximate surface area is 134 Å². The van der Waals surface area contributed by atoms with Crippen LogP contribution in [0.25, 0.3) is 0 Å². The fourth-order valence-electron chi connectivity index (χ4n) is 2.09. The molecule has 0 aliphatic rings. The Morgan fingerprint density at radius 2 is 1.71 bits per heavy atom. The van der Waals surface area contributed by atoms with Crippen molar-refractivity contribution in [1.29, 1.82) is 0 Å². The number of rotatable bonds is 4. The van der Waals surface area contributed by atoms with Crippen molar-refractivity contribution in [3.8, 4) is 0 Å². The number of nitrogens with one attached hydrogen (secondary N) is 1. The summed E-state index contributed by atoms with van der Waals surface area (Å²) in [6.45, 7) is 1.98. The summed E-state index contributed by atoms with van der Waals surface area (Å²) in [6.07, 6.45) is 0. The Bertz CT molecular complexity index is 623. The van der Waals surface area contributed by atoms with Gasteiger partial charge >= 0.3 is 0 Å². The average Bonchev–Trinajstić information content (AvgIpc) is 2.47. The maximum absolute atomic E-state index is 12.3. The van der Waals surface area contributed by atoms with Gasteiger partial charge < -0.3 is 10.2 Å². The summed E-state index contributed by atoms with van der Waals surface area (Å²) in [5.41, 5.74) is 2.81. The van der Waals surface area contributed by atoms with Gasteiger partial charge in [-0.05, 0) is 42.8 Å². The first-order valence-electron chi connectivity index (χ1n) is 6.81. The lowest BCUT2D eigenvalue weighted by molar-refractivity contribution is 0.0940. The van der Waals surface area contributed by atoms with Gasteiger partial charge in [0.15, 0.2) is 0 Å². The minimum Gasteiger partial charge on any atom is -0.378 e. The molecule has 3 nitrogen and oxygen atoms in total. The molecule has 0 saturated heterocycles. The molecule has 1 unspecified atom stereocenters. The van der Waals surface area contributed by atoms with Crippen LogP contribution in [-0.2, 0) is 0 Å². The van der Waals surface area contributed by atoms with Crippen molar-refractivity contribution < 1.29 is 4.79 Å². The van der Waals surface area contributed by atoms with E-state index in [1.54, 1.807) is 0 Å². The number of halogens is 1. The van der Waals surface area contributed by atoms with Crippen LogP contribution in [0.1, 0.15) is 28.9 Å². The molecule has 1 N–H and O–H groups in total. The van der Waals surface area contributed by atoms with Crippen molar-refractivity contribution in [3.05, 3.63) is 64.1 Å². The largest absolute Gasteiger partial charge is 0.378 e. The van der Waals surface area contributed by atoms with Crippen molar-refractivity contribution in [2.45, 2.75) is 13.0 Å². The van der Waals surface area contributed by atoms with Crippen LogP contribution in [0.4, 0.5) is 5.69 Å². The minimum absolute atomic E-state index is 0.0541. The Kier molecular flexibility index (Phi) is 5.02. The third kappa shape index (κ3) is 3.85. The second-order valence-corrected chi connectivity index (χ2v) is 6.01. The third-order valence-corrected chi connectivity index (χ3v) is 4.09. The van der Waals surface area contributed by atoms with Gasteiger partial charge in [-0.25, -0.2) is 0 Å². The zero-order valence-electron chi connectivity index (χ0n) is 12.4. The topological polar surface area (TPSA) is 32.3 Å². The van der Waals surface area contributed by atoms with Gasteiger partial charge in [0, 0.05) is 29.8 Å². The van der Waals surface area contributed by atoms with Crippen LogP contribution in [0.5, 0.6) is 0 Å². The normalized spacial score (nSPS) is 11.8. The monoisotopic (exact) mass is 346 g/mol. The van der Waals surface area contributed by atoms with E-state index in [0.29, 0.717) is 5.56 Å². The van der Waals surface area contributed by atoms with Crippen molar-refractivity contribution in [3.63, 3.8) is 0 Å². The molecule has 0 aromatic heterocycles. The van der Waals surface area contributed by atoms with Gasteiger partial charge in [-0.2, -0.15) is 0 Å². The molecule has 2 aromatic carbocycles. The molecule has 110 valence electrons. The predicted octanol–water partition coefficient (Wildman–Crippen LogP) is 4.01. The first kappa shape index (κ1) is 15.6. The van der Waals surface area contributed by atoms with E-state index in [-0.39, 0.29) is 11.9 Å². The van der Waals surface area contributed by atoms with Crippen LogP contribution in [0, 0.1) is 0 Å². The number of carbonyl (C=O) groups is 1. The van der Waals surface area contributed by atoms with E-state index in [1.165, 1.54) is 0 Å². The molecule has 0 saturated carbocycles. The number of nitrogens with zero attached hydrogens (tertiary/aromatic N) is 1. The molecule has 2 rings (SSSR count). The number of amides is 1. The maximum atomic E-state index is 12.3. The molecule has 0 bridgehead atoms. The zero-order chi connectivity index (χ0) is 15.4. The van der Waals surface area contributed by atoms with E-state index in [4.69, 9.17) is 0 Å². The van der Waals surface area contributed by atoms with Crippen LogP contribution in [-0.4, -0.2) is 20.0 Å². The molecule has 0 heterocycles. The minimum atomic E-state index is -0.0661. The lowest BCUT2D eigenvalue weighted by atomic mass is 10.1. The van der Waals surface area contributed by atoms with Gasteiger partial charge in [-0.15, -0.1) is 0 Å². The van der Waals surface area contributed by atoms with Gasteiger partial charge in [0.2, 0.25) is 0 Å². The SMILES string of the molecule is CC(NC(=O)c1ccc(N(C)C)cc1)c1ccccc1Br. The Balaban J connectivity index is 2.09. The van der Waals surface area contributed by atoms with E-state index >= 15 is 0 Å². The summed E-state index contributed by atoms with van der Waals surface area (Å²) in [4.78, 5) is 14.3. The Hall–Kier alpha value is -1.81. The van der Waals surface area contributed by atoms with Crippen LogP contribution in [0.15, 0.2) is 53.0 Å². The number of benzene rings is 2. The van der Waals surface area contributed by atoms with Crippen LogP contribution >= 0.6 is 15.9 Å². The van der Waals surface area contributed by atoms with E-state index in [0.717, 1.165) is 15.7 Å². The highest BCUT2D eigenvalue weighted by Crippen LogP contribution is 2.23. The van der Waals surface area contributed by atoms with Crippen molar-refractivity contribution in [2.75, 3.05) is 19.0 Å². The molecule has 0 fully saturated rings. The molecular weight excluding hydrogens is 328 g/mol. The third-order valence-electron chi connectivity index (χ3n) is 3.37. The number of hydrogen-bond acceptors (Lipinski definition) is 2. The van der Waals surface area contributed by atoms with Crippen LogP contribution < -0.4 is 10.2 Å². The highest BCUT2D eigenvalue weighted by Gasteiger charge is 2.13. The number of anilines is 1. The summed E-state index contributed by atoms with van der Waals surface area (Å²) >= 11 is 3.51. The highest BCUT2D eigenvalue weighted by atomic mass is 79.9. The predicted molar refractivity (Wildman–Crippen MR) is 90.8 cm³/mol. The van der Waals surface area contributed by atoms with Gasteiger partial charge in [0.25, 0.3) is 5.91 Å². The van der Waals surface area contributed by atoms with Gasteiger partial charge in [-0.1, -0.05) is 34.1 Å². The van der Waals surface area contributed by atoms with Gasteiger partial charge in [0.1, 0.15) is 0 Å². The molecule has 21 heavy (non-hydrogen) atoms. The quantitative estimate of drug-likeness (QED) is 0.907.